The number of rotatable bonds is 7. The Hall–Kier alpha value is -0.780. The van der Waals surface area contributed by atoms with Crippen molar-refractivity contribution in [2.24, 2.45) is 5.73 Å². The Kier molecular flexibility index (Phi) is 5.69. The molecule has 0 heterocycles. The number of thiocarbonyl (C=S) groups is 1. The first-order valence-electron chi connectivity index (χ1n) is 7.12. The normalized spacial score (nSPS) is 14.9. The highest BCUT2D eigenvalue weighted by Gasteiger charge is 2.27. The average Bonchev–Trinajstić information content (AvgIpc) is 2.36. The summed E-state index contributed by atoms with van der Waals surface area (Å²) in [6.45, 7) is 2.91. The molecule has 1 saturated carbocycles. The van der Waals surface area contributed by atoms with E-state index in [0.717, 1.165) is 21.9 Å². The van der Waals surface area contributed by atoms with E-state index in [0.29, 0.717) is 17.6 Å². The van der Waals surface area contributed by atoms with Crippen LogP contribution in [0.3, 0.4) is 0 Å². The fourth-order valence-corrected chi connectivity index (χ4v) is 3.71. The van der Waals surface area contributed by atoms with Crippen molar-refractivity contribution >= 4 is 34.7 Å². The van der Waals surface area contributed by atoms with Gasteiger partial charge in [0, 0.05) is 28.7 Å². The van der Waals surface area contributed by atoms with Crippen LogP contribution >= 0.6 is 24.0 Å². The van der Waals surface area contributed by atoms with E-state index in [4.69, 9.17) is 18.0 Å². The molecule has 3 N–H and O–H groups in total. The van der Waals surface area contributed by atoms with Crippen LogP contribution in [-0.4, -0.2) is 35.0 Å². The summed E-state index contributed by atoms with van der Waals surface area (Å²) in [6, 6.07) is 6.71. The van der Waals surface area contributed by atoms with E-state index < -0.39 is 0 Å². The second-order valence-electron chi connectivity index (χ2n) is 4.95. The maximum atomic E-state index is 9.36. The Balaban J connectivity index is 2.41. The fourth-order valence-electron chi connectivity index (χ4n) is 2.59. The van der Waals surface area contributed by atoms with Crippen LogP contribution in [0, 0.1) is 0 Å². The van der Waals surface area contributed by atoms with E-state index >= 15 is 0 Å². The second kappa shape index (κ2) is 7.29. The van der Waals surface area contributed by atoms with Crippen LogP contribution < -0.4 is 10.6 Å². The predicted octanol–water partition coefficient (Wildman–Crippen LogP) is 2.78. The number of hydrogen-bond donors (Lipinski definition) is 2. The van der Waals surface area contributed by atoms with Gasteiger partial charge in [-0.2, -0.15) is 0 Å². The van der Waals surface area contributed by atoms with Crippen LogP contribution in [0.2, 0.25) is 0 Å². The van der Waals surface area contributed by atoms with Crippen molar-refractivity contribution in [3.8, 4) is 0 Å². The van der Waals surface area contributed by atoms with E-state index in [1.165, 1.54) is 19.3 Å². The number of anilines is 1. The van der Waals surface area contributed by atoms with Crippen LogP contribution in [-0.2, 0) is 0 Å². The zero-order valence-electron chi connectivity index (χ0n) is 11.8. The minimum atomic E-state index is 0.151. The van der Waals surface area contributed by atoms with E-state index in [2.05, 4.69) is 30.0 Å². The van der Waals surface area contributed by atoms with Crippen LogP contribution in [0.15, 0.2) is 23.1 Å². The van der Waals surface area contributed by atoms with E-state index in [1.54, 1.807) is 11.8 Å². The number of hydrogen-bond acceptors (Lipinski definition) is 4. The summed E-state index contributed by atoms with van der Waals surface area (Å²) in [5.41, 5.74) is 8.01. The molecule has 0 saturated heterocycles. The van der Waals surface area contributed by atoms with Gasteiger partial charge in [-0.05, 0) is 37.1 Å². The minimum absolute atomic E-state index is 0.151. The summed E-state index contributed by atoms with van der Waals surface area (Å²) in [4.78, 5) is 3.86. The summed E-state index contributed by atoms with van der Waals surface area (Å²) in [7, 11) is 0. The first-order chi connectivity index (χ1) is 9.69. The van der Waals surface area contributed by atoms with E-state index in [9.17, 15) is 5.11 Å². The lowest BCUT2D eigenvalue weighted by atomic mass is 9.90. The van der Waals surface area contributed by atoms with Gasteiger partial charge in [-0.15, -0.1) is 11.8 Å². The van der Waals surface area contributed by atoms with Crippen molar-refractivity contribution in [1.29, 1.82) is 0 Å². The Bertz CT molecular complexity index is 475. The molecule has 1 aromatic carbocycles. The molecule has 0 atom stereocenters. The topological polar surface area (TPSA) is 49.5 Å². The predicted molar refractivity (Wildman–Crippen MR) is 90.8 cm³/mol. The maximum absolute atomic E-state index is 9.36. The molecule has 1 aliphatic rings. The number of aliphatic hydroxyl groups excluding tert-OH is 1. The van der Waals surface area contributed by atoms with Gasteiger partial charge in [0.15, 0.2) is 0 Å². The first-order valence-corrected chi connectivity index (χ1v) is 8.51. The molecule has 2 rings (SSSR count). The Morgan fingerprint density at radius 3 is 2.75 bits per heavy atom. The molecule has 1 aromatic rings. The summed E-state index contributed by atoms with van der Waals surface area (Å²) in [5, 5.41) is 9.36. The second-order valence-corrected chi connectivity index (χ2v) is 6.69. The summed E-state index contributed by atoms with van der Waals surface area (Å²) >= 11 is 7.03. The quantitative estimate of drug-likeness (QED) is 0.599. The molecule has 0 bridgehead atoms. The molecule has 1 aliphatic carbocycles. The molecule has 1 fully saturated rings. The largest absolute Gasteiger partial charge is 0.395 e. The van der Waals surface area contributed by atoms with Crippen LogP contribution in [0.4, 0.5) is 5.69 Å². The molecule has 0 spiro atoms. The van der Waals surface area contributed by atoms with E-state index in [1.807, 2.05) is 0 Å². The SMILES string of the molecule is CCSc1cccc(N(CCO)C2CCC2)c1C(N)=S. The number of nitrogens with two attached hydrogens (primary N) is 1. The van der Waals surface area contributed by atoms with Crippen LogP contribution in [0.5, 0.6) is 0 Å². The van der Waals surface area contributed by atoms with Gasteiger partial charge >= 0.3 is 0 Å². The van der Waals surface area contributed by atoms with Gasteiger partial charge in [0.1, 0.15) is 4.99 Å². The third-order valence-corrected chi connectivity index (χ3v) is 4.86. The molecule has 0 aromatic heterocycles. The molecule has 0 amide bonds. The zero-order valence-corrected chi connectivity index (χ0v) is 13.5. The fraction of sp³-hybridized carbons (Fsp3) is 0.533. The lowest BCUT2D eigenvalue weighted by molar-refractivity contribution is 0.283. The van der Waals surface area contributed by atoms with Gasteiger partial charge in [0.25, 0.3) is 0 Å². The monoisotopic (exact) mass is 310 g/mol. The smallest absolute Gasteiger partial charge is 0.107 e. The average molecular weight is 310 g/mol. The van der Waals surface area contributed by atoms with E-state index in [-0.39, 0.29) is 6.61 Å². The summed E-state index contributed by atoms with van der Waals surface area (Å²) in [5.74, 6) is 0.989. The van der Waals surface area contributed by atoms with Crippen molar-refractivity contribution in [1.82, 2.24) is 0 Å². The number of aliphatic hydroxyl groups is 1. The van der Waals surface area contributed by atoms with Gasteiger partial charge in [-0.1, -0.05) is 25.2 Å². The van der Waals surface area contributed by atoms with Gasteiger partial charge in [-0.25, -0.2) is 0 Å². The third-order valence-electron chi connectivity index (χ3n) is 3.72. The molecule has 0 unspecified atom stereocenters. The molecule has 3 nitrogen and oxygen atoms in total. The van der Waals surface area contributed by atoms with Gasteiger partial charge in [0.2, 0.25) is 0 Å². The Morgan fingerprint density at radius 2 is 2.25 bits per heavy atom. The highest BCUT2D eigenvalue weighted by molar-refractivity contribution is 7.99. The van der Waals surface area contributed by atoms with Crippen LogP contribution in [0.25, 0.3) is 0 Å². The highest BCUT2D eigenvalue weighted by atomic mass is 32.2. The van der Waals surface area contributed by atoms with Gasteiger partial charge < -0.3 is 15.7 Å². The highest BCUT2D eigenvalue weighted by Crippen LogP contribution is 2.35. The Labute approximate surface area is 130 Å². The molecular weight excluding hydrogens is 288 g/mol. The number of thioether (sulfide) groups is 1. The van der Waals surface area contributed by atoms with Gasteiger partial charge in [0.05, 0.1) is 6.61 Å². The number of benzene rings is 1. The van der Waals surface area contributed by atoms with Crippen LogP contribution in [0.1, 0.15) is 31.7 Å². The van der Waals surface area contributed by atoms with Crippen molar-refractivity contribution in [2.75, 3.05) is 23.8 Å². The standard InChI is InChI=1S/C15H22N2OS2/c1-2-20-13-8-4-7-12(14(13)15(16)19)17(9-10-18)11-5-3-6-11/h4,7-8,11,18H,2-3,5-6,9-10H2,1H3,(H2,16,19). The number of nitrogens with zero attached hydrogens (tertiary/aromatic N) is 1. The molecular formula is C15H22N2OS2. The van der Waals surface area contributed by atoms with Crippen molar-refractivity contribution in [2.45, 2.75) is 37.1 Å². The van der Waals surface area contributed by atoms with Crippen molar-refractivity contribution < 1.29 is 5.11 Å². The maximum Gasteiger partial charge on any atom is 0.107 e. The Morgan fingerprint density at radius 1 is 1.50 bits per heavy atom. The minimum Gasteiger partial charge on any atom is -0.395 e. The molecule has 0 aliphatic heterocycles. The van der Waals surface area contributed by atoms with Crippen molar-refractivity contribution in [3.63, 3.8) is 0 Å². The molecule has 0 radical (unpaired) electrons. The first kappa shape index (κ1) is 15.6. The lowest BCUT2D eigenvalue weighted by Gasteiger charge is -2.40. The molecule has 20 heavy (non-hydrogen) atoms. The van der Waals surface area contributed by atoms with Gasteiger partial charge in [-0.3, -0.25) is 0 Å². The van der Waals surface area contributed by atoms with Crippen molar-refractivity contribution in [3.05, 3.63) is 23.8 Å². The summed E-state index contributed by atoms with van der Waals surface area (Å²) < 4.78 is 0. The third kappa shape index (κ3) is 3.27. The molecule has 5 heteroatoms. The summed E-state index contributed by atoms with van der Waals surface area (Å²) in [6.07, 6.45) is 3.63. The zero-order chi connectivity index (χ0) is 14.5. The molecule has 110 valence electrons. The lowest BCUT2D eigenvalue weighted by Crippen LogP contribution is -2.43.